The molecule has 9 nitrogen and oxygen atoms in total. The van der Waals surface area contributed by atoms with Crippen molar-refractivity contribution in [2.75, 3.05) is 6.61 Å². The van der Waals surface area contributed by atoms with Crippen molar-refractivity contribution in [2.24, 2.45) is 39.9 Å². The van der Waals surface area contributed by atoms with E-state index in [-0.39, 0.29) is 29.5 Å². The summed E-state index contributed by atoms with van der Waals surface area (Å²) in [5, 5.41) is 51.3. The molecule has 1 aliphatic heterocycles. The third kappa shape index (κ3) is 3.42. The maximum Gasteiger partial charge on any atom is 0.314 e. The van der Waals surface area contributed by atoms with Gasteiger partial charge in [-0.1, -0.05) is 20.3 Å². The summed E-state index contributed by atoms with van der Waals surface area (Å²) in [5.74, 6) is -0.447. The van der Waals surface area contributed by atoms with Crippen molar-refractivity contribution < 1.29 is 44.6 Å². The number of fused-ring (bicyclic) bond motifs is 3. The fourth-order valence-corrected chi connectivity index (χ4v) is 9.23. The molecule has 1 spiro atoms. The summed E-state index contributed by atoms with van der Waals surface area (Å²) in [4.78, 5) is 27.2. The number of Topliss-reactive ketones (excluding diaryl/α,β-unsaturated/α-hetero) is 1. The van der Waals surface area contributed by atoms with Crippen LogP contribution in [0, 0.1) is 39.9 Å². The van der Waals surface area contributed by atoms with E-state index in [1.165, 1.54) is 0 Å². The standard InChI is InChI=1S/C26H40O9/c1-12-13-9-14(28)20-24(2)6-4-7-25(3,16(24)5-8-26(20,10-13)21(12)32)23(33)35-22-19(31)18(30)17(29)15(11-27)34-22/h12-20,22,27-31H,4-11H2,1-3H3/t12-,13+,14-,15+,16-,17+,18-,19+,20-,22-,24+,25+,26+/m0/s1. The zero-order chi connectivity index (χ0) is 25.5. The Morgan fingerprint density at radius 2 is 1.80 bits per heavy atom. The number of aliphatic hydroxyl groups is 5. The van der Waals surface area contributed by atoms with Crippen LogP contribution in [0.1, 0.15) is 65.7 Å². The highest BCUT2D eigenvalue weighted by Crippen LogP contribution is 2.71. The molecule has 13 atom stereocenters. The van der Waals surface area contributed by atoms with Gasteiger partial charge in [-0.05, 0) is 62.7 Å². The van der Waals surface area contributed by atoms with Crippen LogP contribution in [-0.4, -0.2) is 80.7 Å². The first-order valence-electron chi connectivity index (χ1n) is 13.1. The van der Waals surface area contributed by atoms with Crippen molar-refractivity contribution in [3.05, 3.63) is 0 Å². The van der Waals surface area contributed by atoms with Crippen LogP contribution >= 0.6 is 0 Å². The molecule has 1 heterocycles. The van der Waals surface area contributed by atoms with E-state index in [0.717, 1.165) is 19.3 Å². The Hall–Kier alpha value is -1.10. The van der Waals surface area contributed by atoms with Gasteiger partial charge < -0.3 is 35.0 Å². The van der Waals surface area contributed by atoms with Crippen LogP contribution in [-0.2, 0) is 19.1 Å². The van der Waals surface area contributed by atoms with Gasteiger partial charge in [-0.15, -0.1) is 0 Å². The van der Waals surface area contributed by atoms with Crippen LogP contribution in [0.4, 0.5) is 0 Å². The molecule has 0 unspecified atom stereocenters. The number of rotatable bonds is 3. The predicted molar refractivity (Wildman–Crippen MR) is 121 cm³/mol. The highest BCUT2D eigenvalue weighted by atomic mass is 16.7. The van der Waals surface area contributed by atoms with Gasteiger partial charge in [0.2, 0.25) is 6.29 Å². The van der Waals surface area contributed by atoms with E-state index >= 15 is 0 Å². The molecule has 4 aliphatic carbocycles. The molecular weight excluding hydrogens is 456 g/mol. The number of carbonyl (C=O) groups excluding carboxylic acids is 2. The van der Waals surface area contributed by atoms with Gasteiger partial charge in [0.15, 0.2) is 0 Å². The van der Waals surface area contributed by atoms with E-state index < -0.39 is 65.6 Å². The van der Waals surface area contributed by atoms with Gasteiger partial charge in [0.25, 0.3) is 0 Å². The van der Waals surface area contributed by atoms with Gasteiger partial charge in [0, 0.05) is 17.3 Å². The number of ketones is 1. The molecule has 9 heteroatoms. The van der Waals surface area contributed by atoms with E-state index in [1.807, 2.05) is 13.8 Å². The summed E-state index contributed by atoms with van der Waals surface area (Å²) in [7, 11) is 0. The van der Waals surface area contributed by atoms with Crippen molar-refractivity contribution in [3.8, 4) is 0 Å². The molecular formula is C26H40O9. The Morgan fingerprint density at radius 3 is 2.49 bits per heavy atom. The molecule has 5 N–H and O–H groups in total. The first-order chi connectivity index (χ1) is 16.4. The lowest BCUT2D eigenvalue weighted by atomic mass is 9.40. The van der Waals surface area contributed by atoms with E-state index in [1.54, 1.807) is 0 Å². The first kappa shape index (κ1) is 25.5. The summed E-state index contributed by atoms with van der Waals surface area (Å²) >= 11 is 0. The van der Waals surface area contributed by atoms with Crippen LogP contribution in [0.2, 0.25) is 0 Å². The average molecular weight is 497 g/mol. The van der Waals surface area contributed by atoms with Crippen LogP contribution < -0.4 is 0 Å². The van der Waals surface area contributed by atoms with Crippen molar-refractivity contribution in [2.45, 2.75) is 103 Å². The second-order valence-electron chi connectivity index (χ2n) is 12.5. The Balaban J connectivity index is 1.42. The lowest BCUT2D eigenvalue weighted by Gasteiger charge is -2.63. The highest BCUT2D eigenvalue weighted by molar-refractivity contribution is 5.90. The maximum atomic E-state index is 13.7. The van der Waals surface area contributed by atoms with E-state index in [2.05, 4.69) is 6.92 Å². The number of hydrogen-bond acceptors (Lipinski definition) is 9. The van der Waals surface area contributed by atoms with Crippen LogP contribution in [0.15, 0.2) is 0 Å². The zero-order valence-corrected chi connectivity index (χ0v) is 20.8. The van der Waals surface area contributed by atoms with Gasteiger partial charge >= 0.3 is 5.97 Å². The summed E-state index contributed by atoms with van der Waals surface area (Å²) in [5.41, 5.74) is -1.88. The minimum atomic E-state index is -1.65. The first-order valence-corrected chi connectivity index (χ1v) is 13.1. The molecule has 0 aromatic carbocycles. The molecule has 0 amide bonds. The van der Waals surface area contributed by atoms with Crippen molar-refractivity contribution in [1.82, 2.24) is 0 Å². The van der Waals surface area contributed by atoms with Crippen molar-refractivity contribution in [1.29, 1.82) is 0 Å². The molecule has 1 saturated heterocycles. The normalized spacial score (nSPS) is 55.7. The number of ether oxygens (including phenoxy) is 2. The van der Waals surface area contributed by atoms with Gasteiger partial charge in [-0.2, -0.15) is 0 Å². The predicted octanol–water partition coefficient (Wildman–Crippen LogP) is 0.528. The third-order valence-corrected chi connectivity index (χ3v) is 10.9. The second-order valence-corrected chi connectivity index (χ2v) is 12.5. The summed E-state index contributed by atoms with van der Waals surface area (Å²) < 4.78 is 11.1. The Morgan fingerprint density at radius 1 is 1.09 bits per heavy atom. The fourth-order valence-electron chi connectivity index (χ4n) is 9.23. The molecule has 35 heavy (non-hydrogen) atoms. The smallest absolute Gasteiger partial charge is 0.314 e. The SMILES string of the molecule is C[C@@H]1C(=O)[C@@]23CC[C@H]4[C@@](C)(CCC[C@@]4(C)C(=O)O[C@@H]4O[C@H](CO)[C@@H](O)[C@H](O)[C@H]4O)[C@@H]2[C@@H](O)C[C@@H]1C3. The molecule has 0 aromatic rings. The van der Waals surface area contributed by atoms with E-state index in [4.69, 9.17) is 9.47 Å². The minimum absolute atomic E-state index is 0.0408. The van der Waals surface area contributed by atoms with Gasteiger partial charge in [-0.25, -0.2) is 0 Å². The molecule has 198 valence electrons. The zero-order valence-electron chi connectivity index (χ0n) is 20.8. The van der Waals surface area contributed by atoms with E-state index in [0.29, 0.717) is 25.7 Å². The van der Waals surface area contributed by atoms with Gasteiger partial charge in [0.1, 0.15) is 30.2 Å². The highest BCUT2D eigenvalue weighted by Gasteiger charge is 2.71. The third-order valence-electron chi connectivity index (χ3n) is 10.9. The lowest BCUT2D eigenvalue weighted by Crippen LogP contribution is -2.64. The molecule has 5 aliphatic rings. The fraction of sp³-hybridized carbons (Fsp3) is 0.923. The molecule has 5 rings (SSSR count). The number of esters is 1. The van der Waals surface area contributed by atoms with Crippen molar-refractivity contribution in [3.63, 3.8) is 0 Å². The molecule has 0 radical (unpaired) electrons. The van der Waals surface area contributed by atoms with Crippen molar-refractivity contribution >= 4 is 11.8 Å². The Labute approximate surface area is 205 Å². The van der Waals surface area contributed by atoms with Gasteiger partial charge in [0.05, 0.1) is 18.1 Å². The quantitative estimate of drug-likeness (QED) is 0.352. The van der Waals surface area contributed by atoms with Crippen LogP contribution in [0.5, 0.6) is 0 Å². The number of hydrogen-bond donors (Lipinski definition) is 5. The molecule has 2 bridgehead atoms. The Kier molecular flexibility index (Phi) is 6.18. The van der Waals surface area contributed by atoms with Crippen LogP contribution in [0.25, 0.3) is 0 Å². The summed E-state index contributed by atoms with van der Waals surface area (Å²) in [6.07, 6.45) is -3.20. The maximum absolute atomic E-state index is 13.7. The monoisotopic (exact) mass is 496 g/mol. The topological polar surface area (TPSA) is 154 Å². The Bertz CT molecular complexity index is 877. The largest absolute Gasteiger partial charge is 0.432 e. The van der Waals surface area contributed by atoms with E-state index in [9.17, 15) is 35.1 Å². The molecule has 4 saturated carbocycles. The average Bonchev–Trinajstić information content (AvgIpc) is 2.99. The number of aliphatic hydroxyl groups excluding tert-OH is 5. The minimum Gasteiger partial charge on any atom is -0.432 e. The lowest BCUT2D eigenvalue weighted by molar-refractivity contribution is -0.298. The molecule has 0 aromatic heterocycles. The summed E-state index contributed by atoms with van der Waals surface area (Å²) in [6, 6.07) is 0. The van der Waals surface area contributed by atoms with Gasteiger partial charge in [-0.3, -0.25) is 9.59 Å². The second kappa shape index (κ2) is 8.46. The summed E-state index contributed by atoms with van der Waals surface area (Å²) in [6.45, 7) is 5.37. The van der Waals surface area contributed by atoms with Crippen LogP contribution in [0.3, 0.4) is 0 Å². The molecule has 5 fully saturated rings. The number of carbonyl (C=O) groups is 2.